The molecule has 254 valence electrons. The minimum atomic E-state index is -0.119. The van der Waals surface area contributed by atoms with Gasteiger partial charge in [-0.25, -0.2) is 4.98 Å². The lowest BCUT2D eigenvalue weighted by molar-refractivity contribution is 0.0722. The maximum atomic E-state index is 14.9. The largest absolute Gasteiger partial charge is 0.489 e. The fraction of sp³-hybridized carbons (Fsp3) is 0.357. The van der Waals surface area contributed by atoms with Crippen molar-refractivity contribution in [2.45, 2.75) is 79.8 Å². The van der Waals surface area contributed by atoms with Gasteiger partial charge < -0.3 is 9.64 Å². The Morgan fingerprint density at radius 3 is 2.20 bits per heavy atom. The van der Waals surface area contributed by atoms with Crippen LogP contribution in [0.1, 0.15) is 84.6 Å². The van der Waals surface area contributed by atoms with Crippen molar-refractivity contribution in [2.75, 3.05) is 13.1 Å². The second-order valence-corrected chi connectivity index (χ2v) is 14.6. The molecule has 7 heteroatoms. The molecule has 1 amide bonds. The average molecular weight is 674 g/mol. The van der Waals surface area contributed by atoms with Gasteiger partial charge >= 0.3 is 0 Å². The smallest absolute Gasteiger partial charge is 0.265 e. The molecule has 1 aliphatic heterocycles. The molecule has 0 radical (unpaired) electrons. The average Bonchev–Trinajstić information content (AvgIpc) is 3.52. The van der Waals surface area contributed by atoms with Gasteiger partial charge in [-0.1, -0.05) is 76.2 Å². The lowest BCUT2D eigenvalue weighted by Gasteiger charge is -2.29. The van der Waals surface area contributed by atoms with Gasteiger partial charge in [-0.2, -0.15) is 0 Å². The predicted molar refractivity (Wildman–Crippen MR) is 201 cm³/mol. The number of para-hydroxylation sites is 1. The molecule has 0 spiro atoms. The van der Waals surface area contributed by atoms with E-state index in [9.17, 15) is 9.59 Å². The van der Waals surface area contributed by atoms with Crippen LogP contribution < -0.4 is 10.3 Å². The van der Waals surface area contributed by atoms with E-state index in [1.807, 2.05) is 77.1 Å². The summed E-state index contributed by atoms with van der Waals surface area (Å²) in [6.45, 7) is 12.6. The van der Waals surface area contributed by atoms with Crippen molar-refractivity contribution in [1.82, 2.24) is 14.5 Å². The topological polar surface area (TPSA) is 64.4 Å². The standard InChI is InChI=1S/C42H47N3O3S/c1-6-31-17-14-18-32(7-2)39(31)45-37(25-28(3)4)35(41(46)44-23-12-9-13-24-44)26-36(42(45)47)40-43-38(29(5)49-40)33-19-21-34(22-20-33)48-27-30-15-10-8-11-16-30/h8,10-11,14-22,26,28H,6-7,9,12-13,23-25,27H2,1-5H3. The molecular formula is C42H47N3O3S. The van der Waals surface area contributed by atoms with Crippen LogP contribution in [0.4, 0.5) is 0 Å². The number of carbonyl (C=O) groups is 1. The molecule has 49 heavy (non-hydrogen) atoms. The summed E-state index contributed by atoms with van der Waals surface area (Å²) in [5, 5.41) is 0.631. The van der Waals surface area contributed by atoms with E-state index in [-0.39, 0.29) is 17.4 Å². The number of nitrogens with zero attached hydrogens (tertiary/aromatic N) is 3. The van der Waals surface area contributed by atoms with Crippen LogP contribution in [0.2, 0.25) is 0 Å². The first kappa shape index (κ1) is 34.4. The van der Waals surface area contributed by atoms with Crippen molar-refractivity contribution in [3.63, 3.8) is 0 Å². The fourth-order valence-corrected chi connectivity index (χ4v) is 7.76. The van der Waals surface area contributed by atoms with E-state index in [1.54, 1.807) is 0 Å². The molecule has 3 heterocycles. The highest BCUT2D eigenvalue weighted by atomic mass is 32.1. The van der Waals surface area contributed by atoms with Crippen molar-refractivity contribution in [3.8, 4) is 33.3 Å². The number of carbonyl (C=O) groups excluding carboxylic acids is 1. The Balaban J connectivity index is 1.48. The highest BCUT2D eigenvalue weighted by molar-refractivity contribution is 7.15. The van der Waals surface area contributed by atoms with Gasteiger partial charge in [0.25, 0.3) is 11.5 Å². The van der Waals surface area contributed by atoms with E-state index < -0.39 is 0 Å². The van der Waals surface area contributed by atoms with Crippen molar-refractivity contribution >= 4 is 17.2 Å². The molecule has 3 aromatic carbocycles. The van der Waals surface area contributed by atoms with Gasteiger partial charge in [0.1, 0.15) is 17.4 Å². The van der Waals surface area contributed by atoms with Crippen LogP contribution >= 0.6 is 11.3 Å². The Bertz CT molecular complexity index is 1950. The third-order valence-electron chi connectivity index (χ3n) is 9.37. The molecule has 0 bridgehead atoms. The molecule has 1 aliphatic rings. The zero-order chi connectivity index (χ0) is 34.5. The summed E-state index contributed by atoms with van der Waals surface area (Å²) in [5.74, 6) is 1.04. The van der Waals surface area contributed by atoms with E-state index in [1.165, 1.54) is 11.3 Å². The summed E-state index contributed by atoms with van der Waals surface area (Å²) in [4.78, 5) is 37.5. The number of piperidine rings is 1. The van der Waals surface area contributed by atoms with E-state index in [4.69, 9.17) is 9.72 Å². The number of aromatic nitrogens is 2. The van der Waals surface area contributed by atoms with Crippen LogP contribution in [-0.2, 0) is 25.9 Å². The Morgan fingerprint density at radius 1 is 0.898 bits per heavy atom. The number of amides is 1. The molecule has 1 fully saturated rings. The van der Waals surface area contributed by atoms with Crippen LogP contribution in [-0.4, -0.2) is 33.4 Å². The number of benzene rings is 3. The first-order valence-corrected chi connectivity index (χ1v) is 18.5. The monoisotopic (exact) mass is 673 g/mol. The minimum Gasteiger partial charge on any atom is -0.489 e. The Labute approximate surface area is 294 Å². The van der Waals surface area contributed by atoms with Gasteiger partial charge in [0, 0.05) is 29.2 Å². The first-order valence-electron chi connectivity index (χ1n) is 17.7. The van der Waals surface area contributed by atoms with Crippen LogP contribution in [0.5, 0.6) is 5.75 Å². The molecule has 0 saturated carbocycles. The number of ether oxygens (including phenoxy) is 1. The van der Waals surface area contributed by atoms with Gasteiger partial charge in [-0.3, -0.25) is 14.2 Å². The number of thiazole rings is 1. The number of rotatable bonds is 11. The van der Waals surface area contributed by atoms with E-state index in [2.05, 4.69) is 45.9 Å². The molecule has 1 saturated heterocycles. The molecule has 6 rings (SSSR count). The maximum Gasteiger partial charge on any atom is 0.265 e. The number of aryl methyl sites for hydroxylation is 3. The quantitative estimate of drug-likeness (QED) is 0.140. The Morgan fingerprint density at radius 2 is 1.57 bits per heavy atom. The normalized spacial score (nSPS) is 13.2. The Hall–Kier alpha value is -4.49. The molecular weight excluding hydrogens is 627 g/mol. The second-order valence-electron chi connectivity index (χ2n) is 13.4. The SMILES string of the molecule is CCc1cccc(CC)c1-n1c(CC(C)C)c(C(=O)N2CCCCC2)cc(-c2nc(-c3ccc(OCc4ccccc4)cc3)c(C)s2)c1=O. The van der Waals surface area contributed by atoms with Crippen molar-refractivity contribution in [3.05, 3.63) is 122 Å². The van der Waals surface area contributed by atoms with E-state index in [0.29, 0.717) is 29.2 Å². The van der Waals surface area contributed by atoms with Crippen LogP contribution in [0.3, 0.4) is 0 Å². The zero-order valence-corrected chi connectivity index (χ0v) is 30.2. The van der Waals surface area contributed by atoms with E-state index >= 15 is 0 Å². The van der Waals surface area contributed by atoms with Crippen molar-refractivity contribution < 1.29 is 9.53 Å². The first-order chi connectivity index (χ1) is 23.8. The van der Waals surface area contributed by atoms with Gasteiger partial charge in [0.2, 0.25) is 0 Å². The zero-order valence-electron chi connectivity index (χ0n) is 29.4. The number of hydrogen-bond donors (Lipinski definition) is 0. The predicted octanol–water partition coefficient (Wildman–Crippen LogP) is 9.46. The summed E-state index contributed by atoms with van der Waals surface area (Å²) >= 11 is 1.51. The lowest BCUT2D eigenvalue weighted by Crippen LogP contribution is -2.38. The molecule has 0 aliphatic carbocycles. The second kappa shape index (κ2) is 15.4. The number of pyridine rings is 1. The third-order valence-corrected chi connectivity index (χ3v) is 10.4. The Kier molecular flexibility index (Phi) is 10.8. The summed E-state index contributed by atoms with van der Waals surface area (Å²) in [6.07, 6.45) is 5.32. The molecule has 0 N–H and O–H groups in total. The highest BCUT2D eigenvalue weighted by Crippen LogP contribution is 2.35. The molecule has 6 nitrogen and oxygen atoms in total. The van der Waals surface area contributed by atoms with Crippen LogP contribution in [0, 0.1) is 12.8 Å². The maximum absolute atomic E-state index is 14.9. The van der Waals surface area contributed by atoms with Crippen LogP contribution in [0.15, 0.2) is 83.7 Å². The van der Waals surface area contributed by atoms with Crippen molar-refractivity contribution in [1.29, 1.82) is 0 Å². The van der Waals surface area contributed by atoms with Gasteiger partial charge in [-0.05, 0) is 98.4 Å². The summed E-state index contributed by atoms with van der Waals surface area (Å²) in [7, 11) is 0. The molecule has 0 unspecified atom stereocenters. The van der Waals surface area contributed by atoms with Gasteiger partial charge in [0.05, 0.1) is 22.5 Å². The summed E-state index contributed by atoms with van der Waals surface area (Å²) in [6, 6.07) is 26.2. The summed E-state index contributed by atoms with van der Waals surface area (Å²) < 4.78 is 7.91. The third kappa shape index (κ3) is 7.42. The van der Waals surface area contributed by atoms with E-state index in [0.717, 1.165) is 95.1 Å². The number of hydrogen-bond acceptors (Lipinski definition) is 5. The molecule has 0 atom stereocenters. The lowest BCUT2D eigenvalue weighted by atomic mass is 9.96. The van der Waals surface area contributed by atoms with Gasteiger partial charge in [-0.15, -0.1) is 11.3 Å². The van der Waals surface area contributed by atoms with Crippen molar-refractivity contribution in [2.24, 2.45) is 5.92 Å². The van der Waals surface area contributed by atoms with Gasteiger partial charge in [0.15, 0.2) is 0 Å². The fourth-order valence-electron chi connectivity index (χ4n) is 6.81. The molecule has 2 aromatic heterocycles. The van der Waals surface area contributed by atoms with Crippen LogP contribution in [0.25, 0.3) is 27.5 Å². The molecule has 5 aromatic rings. The highest BCUT2D eigenvalue weighted by Gasteiger charge is 2.29. The minimum absolute atomic E-state index is 0.0111. The summed E-state index contributed by atoms with van der Waals surface area (Å²) in [5.41, 5.74) is 7.80. The number of likely N-dealkylation sites (tertiary alicyclic amines) is 1.